The average Bonchev–Trinajstić information content (AvgIpc) is 2.88. The number of benzene rings is 2. The standard InChI is InChI=1S/C18H14N2O/c1-12-9-16-17(10-13(12)2)21-18(20-16)8-7-14-3-5-15(11-19)6-4-14/h3-10H,1-2H3. The summed E-state index contributed by atoms with van der Waals surface area (Å²) in [6.07, 6.45) is 3.76. The van der Waals surface area contributed by atoms with Gasteiger partial charge < -0.3 is 4.42 Å². The Morgan fingerprint density at radius 3 is 2.48 bits per heavy atom. The second-order valence-electron chi connectivity index (χ2n) is 5.02. The molecule has 0 atom stereocenters. The smallest absolute Gasteiger partial charge is 0.220 e. The van der Waals surface area contributed by atoms with Crippen molar-refractivity contribution in [2.75, 3.05) is 0 Å². The maximum atomic E-state index is 8.77. The number of nitrogens with zero attached hydrogens (tertiary/aromatic N) is 2. The number of fused-ring (bicyclic) bond motifs is 1. The van der Waals surface area contributed by atoms with E-state index < -0.39 is 0 Å². The van der Waals surface area contributed by atoms with Crippen molar-refractivity contribution in [3.63, 3.8) is 0 Å². The van der Waals surface area contributed by atoms with E-state index in [9.17, 15) is 0 Å². The quantitative estimate of drug-likeness (QED) is 0.692. The maximum absolute atomic E-state index is 8.77. The lowest BCUT2D eigenvalue weighted by atomic mass is 10.1. The molecular formula is C18H14N2O. The lowest BCUT2D eigenvalue weighted by Crippen LogP contribution is -1.79. The highest BCUT2D eigenvalue weighted by Crippen LogP contribution is 2.21. The minimum Gasteiger partial charge on any atom is -0.437 e. The Hall–Kier alpha value is -2.86. The van der Waals surface area contributed by atoms with E-state index in [0.717, 1.165) is 16.7 Å². The van der Waals surface area contributed by atoms with Gasteiger partial charge >= 0.3 is 0 Å². The Balaban J connectivity index is 1.90. The van der Waals surface area contributed by atoms with Crippen molar-refractivity contribution in [3.05, 3.63) is 64.5 Å². The molecule has 0 saturated heterocycles. The summed E-state index contributed by atoms with van der Waals surface area (Å²) in [7, 11) is 0. The average molecular weight is 274 g/mol. The third-order valence-electron chi connectivity index (χ3n) is 3.48. The van der Waals surface area contributed by atoms with Gasteiger partial charge in [-0.3, -0.25) is 0 Å². The number of oxazole rings is 1. The molecule has 0 N–H and O–H groups in total. The van der Waals surface area contributed by atoms with E-state index in [1.54, 1.807) is 12.1 Å². The predicted molar refractivity (Wildman–Crippen MR) is 83.6 cm³/mol. The van der Waals surface area contributed by atoms with Gasteiger partial charge in [0.25, 0.3) is 0 Å². The highest BCUT2D eigenvalue weighted by molar-refractivity contribution is 5.77. The van der Waals surface area contributed by atoms with Gasteiger partial charge in [-0.2, -0.15) is 5.26 Å². The van der Waals surface area contributed by atoms with E-state index in [1.807, 2.05) is 36.4 Å². The van der Waals surface area contributed by atoms with Gasteiger partial charge in [0.1, 0.15) is 5.52 Å². The minimum atomic E-state index is 0.583. The van der Waals surface area contributed by atoms with Crippen molar-refractivity contribution >= 4 is 23.3 Å². The third kappa shape index (κ3) is 2.70. The van der Waals surface area contributed by atoms with Crippen LogP contribution in [0.25, 0.3) is 23.3 Å². The molecule has 0 fully saturated rings. The summed E-state index contributed by atoms with van der Waals surface area (Å²) >= 11 is 0. The fourth-order valence-corrected chi connectivity index (χ4v) is 2.11. The normalized spacial score (nSPS) is 11.1. The van der Waals surface area contributed by atoms with Crippen LogP contribution in [-0.4, -0.2) is 4.98 Å². The SMILES string of the molecule is Cc1cc2nc(C=Cc3ccc(C#N)cc3)oc2cc1C. The number of hydrogen-bond acceptors (Lipinski definition) is 3. The molecule has 0 unspecified atom stereocenters. The number of rotatable bonds is 2. The van der Waals surface area contributed by atoms with Crippen LogP contribution >= 0.6 is 0 Å². The summed E-state index contributed by atoms with van der Waals surface area (Å²) in [5, 5.41) is 8.77. The summed E-state index contributed by atoms with van der Waals surface area (Å²) in [5.41, 5.74) is 5.73. The topological polar surface area (TPSA) is 49.8 Å². The monoisotopic (exact) mass is 274 g/mol. The molecule has 0 spiro atoms. The first-order chi connectivity index (χ1) is 10.2. The first-order valence-corrected chi connectivity index (χ1v) is 6.72. The molecule has 0 radical (unpaired) electrons. The zero-order valence-electron chi connectivity index (χ0n) is 11.9. The fraction of sp³-hybridized carbons (Fsp3) is 0.111. The molecule has 21 heavy (non-hydrogen) atoms. The molecule has 0 aliphatic rings. The van der Waals surface area contributed by atoms with Crippen LogP contribution in [-0.2, 0) is 0 Å². The molecule has 102 valence electrons. The van der Waals surface area contributed by atoms with Gasteiger partial charge in [0.05, 0.1) is 11.6 Å². The van der Waals surface area contributed by atoms with Crippen LogP contribution in [0.5, 0.6) is 0 Å². The molecule has 3 aromatic rings. The molecule has 0 bridgehead atoms. The summed E-state index contributed by atoms with van der Waals surface area (Å²) < 4.78 is 5.72. The van der Waals surface area contributed by atoms with Crippen LogP contribution in [0.4, 0.5) is 0 Å². The van der Waals surface area contributed by atoms with Gasteiger partial charge in [-0.1, -0.05) is 12.1 Å². The van der Waals surface area contributed by atoms with Gasteiger partial charge in [0.2, 0.25) is 5.89 Å². The highest BCUT2D eigenvalue weighted by atomic mass is 16.3. The number of hydrogen-bond donors (Lipinski definition) is 0. The van der Waals surface area contributed by atoms with Crippen LogP contribution < -0.4 is 0 Å². The summed E-state index contributed by atoms with van der Waals surface area (Å²) in [4.78, 5) is 4.46. The minimum absolute atomic E-state index is 0.583. The Kier molecular flexibility index (Phi) is 3.29. The Morgan fingerprint density at radius 1 is 1.05 bits per heavy atom. The van der Waals surface area contributed by atoms with E-state index in [-0.39, 0.29) is 0 Å². The first-order valence-electron chi connectivity index (χ1n) is 6.72. The molecule has 3 heteroatoms. The van der Waals surface area contributed by atoms with E-state index in [1.165, 1.54) is 11.1 Å². The summed E-state index contributed by atoms with van der Waals surface area (Å²) in [6, 6.07) is 13.5. The third-order valence-corrected chi connectivity index (χ3v) is 3.48. The second-order valence-corrected chi connectivity index (χ2v) is 5.02. The largest absolute Gasteiger partial charge is 0.437 e. The van der Waals surface area contributed by atoms with E-state index in [2.05, 4.69) is 24.9 Å². The van der Waals surface area contributed by atoms with Gasteiger partial charge in [-0.05, 0) is 60.9 Å². The lowest BCUT2D eigenvalue weighted by molar-refractivity contribution is 0.589. The van der Waals surface area contributed by atoms with Crippen molar-refractivity contribution in [1.29, 1.82) is 5.26 Å². The van der Waals surface area contributed by atoms with Crippen molar-refractivity contribution in [3.8, 4) is 6.07 Å². The zero-order chi connectivity index (χ0) is 14.8. The molecule has 3 rings (SSSR count). The number of nitriles is 1. The first kappa shape index (κ1) is 13.1. The molecule has 0 aliphatic carbocycles. The van der Waals surface area contributed by atoms with Crippen LogP contribution in [0.2, 0.25) is 0 Å². The van der Waals surface area contributed by atoms with E-state index >= 15 is 0 Å². The molecule has 2 aromatic carbocycles. The molecule has 3 nitrogen and oxygen atoms in total. The Morgan fingerprint density at radius 2 is 1.76 bits per heavy atom. The Bertz CT molecular complexity index is 826. The van der Waals surface area contributed by atoms with E-state index in [4.69, 9.17) is 9.68 Å². The van der Waals surface area contributed by atoms with Crippen LogP contribution in [0.1, 0.15) is 28.1 Å². The van der Waals surface area contributed by atoms with Crippen LogP contribution in [0.3, 0.4) is 0 Å². The fourth-order valence-electron chi connectivity index (χ4n) is 2.11. The van der Waals surface area contributed by atoms with E-state index in [0.29, 0.717) is 11.5 Å². The zero-order valence-corrected chi connectivity index (χ0v) is 11.9. The lowest BCUT2D eigenvalue weighted by Gasteiger charge is -1.96. The van der Waals surface area contributed by atoms with Crippen LogP contribution in [0, 0.1) is 25.2 Å². The van der Waals surface area contributed by atoms with Gasteiger partial charge in [0.15, 0.2) is 5.58 Å². The van der Waals surface area contributed by atoms with Crippen molar-refractivity contribution in [2.45, 2.75) is 13.8 Å². The highest BCUT2D eigenvalue weighted by Gasteiger charge is 2.05. The van der Waals surface area contributed by atoms with Crippen molar-refractivity contribution in [2.24, 2.45) is 0 Å². The number of aryl methyl sites for hydroxylation is 2. The van der Waals surface area contributed by atoms with Crippen LogP contribution in [0.15, 0.2) is 40.8 Å². The summed E-state index contributed by atoms with van der Waals surface area (Å²) in [6.45, 7) is 4.12. The second kappa shape index (κ2) is 5.26. The molecule has 0 aliphatic heterocycles. The number of aromatic nitrogens is 1. The summed E-state index contributed by atoms with van der Waals surface area (Å²) in [5.74, 6) is 0.583. The van der Waals surface area contributed by atoms with Crippen molar-refractivity contribution < 1.29 is 4.42 Å². The van der Waals surface area contributed by atoms with Gasteiger partial charge in [-0.15, -0.1) is 0 Å². The molecular weight excluding hydrogens is 260 g/mol. The molecule has 1 heterocycles. The maximum Gasteiger partial charge on any atom is 0.220 e. The van der Waals surface area contributed by atoms with Gasteiger partial charge in [0, 0.05) is 6.08 Å². The Labute approximate surface area is 123 Å². The molecule has 0 amide bonds. The predicted octanol–water partition coefficient (Wildman–Crippen LogP) is 4.49. The molecule has 0 saturated carbocycles. The molecule has 1 aromatic heterocycles. The van der Waals surface area contributed by atoms with Gasteiger partial charge in [-0.25, -0.2) is 4.98 Å². The van der Waals surface area contributed by atoms with Crippen molar-refractivity contribution in [1.82, 2.24) is 4.98 Å².